The lowest BCUT2D eigenvalue weighted by Crippen LogP contribution is -2.36. The van der Waals surface area contributed by atoms with Crippen molar-refractivity contribution >= 4 is 16.8 Å². The first-order chi connectivity index (χ1) is 13.3. The molecule has 0 saturated carbocycles. The fraction of sp³-hybridized carbons (Fsp3) is 0.286. The number of nitrogens with zero attached hydrogens (tertiary/aromatic N) is 3. The van der Waals surface area contributed by atoms with Crippen LogP contribution in [0.15, 0.2) is 47.5 Å². The van der Waals surface area contributed by atoms with Crippen LogP contribution in [0.2, 0.25) is 0 Å². The van der Waals surface area contributed by atoms with E-state index >= 15 is 0 Å². The Bertz CT molecular complexity index is 1060. The zero-order chi connectivity index (χ0) is 20.3. The molecule has 146 valence electrons. The Morgan fingerprint density at radius 3 is 2.61 bits per heavy atom. The van der Waals surface area contributed by atoms with E-state index in [1.807, 2.05) is 26.0 Å². The van der Waals surface area contributed by atoms with E-state index in [1.54, 1.807) is 7.05 Å². The third kappa shape index (κ3) is 4.54. The summed E-state index contributed by atoms with van der Waals surface area (Å²) < 4.78 is 20.2. The number of fused-ring (bicyclic) bond motifs is 1. The minimum absolute atomic E-state index is 0.140. The second kappa shape index (κ2) is 8.21. The van der Waals surface area contributed by atoms with Gasteiger partial charge in [0, 0.05) is 13.1 Å². The van der Waals surface area contributed by atoms with Crippen LogP contribution < -0.4 is 10.3 Å². The molecule has 0 aliphatic carbocycles. The first-order valence-corrected chi connectivity index (χ1v) is 8.93. The molecule has 0 spiro atoms. The Morgan fingerprint density at radius 1 is 1.18 bits per heavy atom. The monoisotopic (exact) mass is 383 g/mol. The van der Waals surface area contributed by atoms with Crippen LogP contribution in [-0.2, 0) is 11.3 Å². The lowest BCUT2D eigenvalue weighted by Gasteiger charge is -2.18. The average Bonchev–Trinajstić information content (AvgIpc) is 2.63. The molecule has 0 N–H and O–H groups in total. The van der Waals surface area contributed by atoms with E-state index in [-0.39, 0.29) is 28.9 Å². The number of rotatable bonds is 6. The first-order valence-electron chi connectivity index (χ1n) is 8.93. The number of aryl methyl sites for hydroxylation is 2. The summed E-state index contributed by atoms with van der Waals surface area (Å²) in [5.41, 5.74) is 2.12. The molecule has 0 atom stereocenters. The first kappa shape index (κ1) is 19.5. The van der Waals surface area contributed by atoms with Gasteiger partial charge < -0.3 is 9.64 Å². The Hall–Kier alpha value is -3.22. The summed E-state index contributed by atoms with van der Waals surface area (Å²) in [4.78, 5) is 30.5. The maximum absolute atomic E-state index is 13.2. The van der Waals surface area contributed by atoms with Crippen molar-refractivity contribution in [3.8, 4) is 5.75 Å². The van der Waals surface area contributed by atoms with Crippen LogP contribution in [0.3, 0.4) is 0 Å². The fourth-order valence-electron chi connectivity index (χ4n) is 2.95. The second-order valence-electron chi connectivity index (χ2n) is 6.83. The van der Waals surface area contributed by atoms with Gasteiger partial charge in [-0.1, -0.05) is 6.07 Å². The number of carbonyl (C=O) groups is 1. The van der Waals surface area contributed by atoms with Crippen molar-refractivity contribution in [3.05, 3.63) is 70.0 Å². The molecule has 0 aliphatic rings. The van der Waals surface area contributed by atoms with Gasteiger partial charge in [0.2, 0.25) is 5.91 Å². The topological polar surface area (TPSA) is 64.4 Å². The number of carbonyl (C=O) groups excluding carboxylic acids is 1. The highest BCUT2D eigenvalue weighted by Gasteiger charge is 2.13. The lowest BCUT2D eigenvalue weighted by atomic mass is 10.1. The van der Waals surface area contributed by atoms with E-state index in [2.05, 4.69) is 11.1 Å². The van der Waals surface area contributed by atoms with E-state index in [9.17, 15) is 14.0 Å². The molecule has 28 heavy (non-hydrogen) atoms. The van der Waals surface area contributed by atoms with Gasteiger partial charge in [-0.3, -0.25) is 14.2 Å². The highest BCUT2D eigenvalue weighted by atomic mass is 19.1. The Balaban J connectivity index is 1.61. The van der Waals surface area contributed by atoms with Gasteiger partial charge in [-0.2, -0.15) is 0 Å². The predicted molar refractivity (Wildman–Crippen MR) is 105 cm³/mol. The molecule has 2 aromatic carbocycles. The second-order valence-corrected chi connectivity index (χ2v) is 6.83. The molecule has 3 aromatic rings. The minimum atomic E-state index is -0.461. The molecule has 0 saturated heterocycles. The fourth-order valence-corrected chi connectivity index (χ4v) is 2.95. The number of hydrogen-bond acceptors (Lipinski definition) is 4. The number of hydrogen-bond donors (Lipinski definition) is 0. The van der Waals surface area contributed by atoms with E-state index in [0.29, 0.717) is 13.2 Å². The summed E-state index contributed by atoms with van der Waals surface area (Å²) in [6.45, 7) is 4.58. The number of halogens is 1. The quantitative estimate of drug-likeness (QED) is 0.657. The van der Waals surface area contributed by atoms with Crippen LogP contribution in [0, 0.1) is 19.7 Å². The molecule has 0 bridgehead atoms. The third-order valence-corrected chi connectivity index (χ3v) is 4.41. The summed E-state index contributed by atoms with van der Waals surface area (Å²) in [5, 5.41) is 0.275. The summed E-state index contributed by atoms with van der Waals surface area (Å²) in [6, 6.07) is 9.72. The maximum Gasteiger partial charge on any atom is 0.261 e. The SMILES string of the molecule is Cc1cc(C)cc(OCCN(C)C(=O)Cn2cnc3cc(F)ccc3c2=O)c1. The van der Waals surface area contributed by atoms with Crippen LogP contribution in [0.25, 0.3) is 10.9 Å². The van der Waals surface area contributed by atoms with E-state index in [4.69, 9.17) is 4.74 Å². The van der Waals surface area contributed by atoms with Crippen molar-refractivity contribution in [2.75, 3.05) is 20.2 Å². The number of likely N-dealkylation sites (N-methyl/N-ethyl adjacent to an activating group) is 1. The number of benzene rings is 2. The van der Waals surface area contributed by atoms with Gasteiger partial charge in [0.25, 0.3) is 5.56 Å². The summed E-state index contributed by atoms with van der Waals surface area (Å²) in [6.07, 6.45) is 1.27. The van der Waals surface area contributed by atoms with Crippen molar-refractivity contribution in [2.24, 2.45) is 0 Å². The molecule has 1 heterocycles. The smallest absolute Gasteiger partial charge is 0.261 e. The zero-order valence-electron chi connectivity index (χ0n) is 16.1. The number of aromatic nitrogens is 2. The predicted octanol–water partition coefficient (Wildman–Crippen LogP) is 2.69. The standard InChI is InChI=1S/C21H22FN3O3/c1-14-8-15(2)10-17(9-14)28-7-6-24(3)20(26)12-25-13-23-19-11-16(22)4-5-18(19)21(25)27/h4-5,8-11,13H,6-7,12H2,1-3H3. The van der Waals surface area contributed by atoms with Crippen molar-refractivity contribution in [3.63, 3.8) is 0 Å². The molecule has 0 aliphatic heterocycles. The van der Waals surface area contributed by atoms with Gasteiger partial charge in [-0.15, -0.1) is 0 Å². The van der Waals surface area contributed by atoms with Crippen molar-refractivity contribution in [2.45, 2.75) is 20.4 Å². The highest BCUT2D eigenvalue weighted by Crippen LogP contribution is 2.16. The third-order valence-electron chi connectivity index (χ3n) is 4.41. The molecule has 6 nitrogen and oxygen atoms in total. The van der Waals surface area contributed by atoms with Crippen molar-refractivity contribution in [1.29, 1.82) is 0 Å². The van der Waals surface area contributed by atoms with Crippen LogP contribution in [0.1, 0.15) is 11.1 Å². The highest BCUT2D eigenvalue weighted by molar-refractivity contribution is 5.79. The molecule has 1 amide bonds. The van der Waals surface area contributed by atoms with E-state index < -0.39 is 5.82 Å². The van der Waals surface area contributed by atoms with Crippen LogP contribution in [-0.4, -0.2) is 40.6 Å². The van der Waals surface area contributed by atoms with Crippen LogP contribution in [0.4, 0.5) is 4.39 Å². The molecule has 0 fully saturated rings. The van der Waals surface area contributed by atoms with Gasteiger partial charge in [0.05, 0.1) is 23.8 Å². The van der Waals surface area contributed by atoms with E-state index in [0.717, 1.165) is 16.9 Å². The number of ether oxygens (including phenoxy) is 1. The molecular weight excluding hydrogens is 361 g/mol. The van der Waals surface area contributed by atoms with Crippen LogP contribution >= 0.6 is 0 Å². The van der Waals surface area contributed by atoms with Gasteiger partial charge in [0.1, 0.15) is 24.7 Å². The molecule has 0 radical (unpaired) electrons. The molecular formula is C21H22FN3O3. The molecule has 0 unspecified atom stereocenters. The molecule has 1 aromatic heterocycles. The Labute approximate surface area is 162 Å². The van der Waals surface area contributed by atoms with Gasteiger partial charge >= 0.3 is 0 Å². The molecule has 3 rings (SSSR count). The molecule has 7 heteroatoms. The van der Waals surface area contributed by atoms with Gasteiger partial charge in [-0.05, 0) is 49.2 Å². The van der Waals surface area contributed by atoms with Gasteiger partial charge in [0.15, 0.2) is 0 Å². The Morgan fingerprint density at radius 2 is 1.89 bits per heavy atom. The normalized spacial score (nSPS) is 10.9. The van der Waals surface area contributed by atoms with Crippen LogP contribution in [0.5, 0.6) is 5.75 Å². The summed E-state index contributed by atoms with van der Waals surface area (Å²) in [7, 11) is 1.65. The Kier molecular flexibility index (Phi) is 5.73. The zero-order valence-corrected chi connectivity index (χ0v) is 16.1. The largest absolute Gasteiger partial charge is 0.492 e. The lowest BCUT2D eigenvalue weighted by molar-refractivity contribution is -0.130. The summed E-state index contributed by atoms with van der Waals surface area (Å²) in [5.74, 6) is 0.0617. The average molecular weight is 383 g/mol. The van der Waals surface area contributed by atoms with E-state index in [1.165, 1.54) is 34.0 Å². The van der Waals surface area contributed by atoms with Crippen molar-refractivity contribution in [1.82, 2.24) is 14.5 Å². The minimum Gasteiger partial charge on any atom is -0.492 e. The number of amides is 1. The van der Waals surface area contributed by atoms with Gasteiger partial charge in [-0.25, -0.2) is 9.37 Å². The van der Waals surface area contributed by atoms with Crippen molar-refractivity contribution < 1.29 is 13.9 Å². The maximum atomic E-state index is 13.2. The summed E-state index contributed by atoms with van der Waals surface area (Å²) >= 11 is 0.